The summed E-state index contributed by atoms with van der Waals surface area (Å²) in [4.78, 5) is 14.2. The standard InChI is InChI=1S/C18H18N4OS2/c1-22(2)16(23)15(13-9-5-3-6-10-13)24-18-21-20-17(25-18)19-14-11-7-4-8-12-14/h3-12,15H,1-2H3,(H,19,20)/t15-/m1/s1. The molecule has 7 heteroatoms. The van der Waals surface area contributed by atoms with Crippen molar-refractivity contribution in [3.63, 3.8) is 0 Å². The molecule has 0 spiro atoms. The van der Waals surface area contributed by atoms with Crippen molar-refractivity contribution in [1.29, 1.82) is 0 Å². The van der Waals surface area contributed by atoms with Crippen molar-refractivity contribution in [1.82, 2.24) is 15.1 Å². The van der Waals surface area contributed by atoms with Gasteiger partial charge in [0.2, 0.25) is 11.0 Å². The molecule has 0 saturated heterocycles. The number of benzene rings is 2. The van der Waals surface area contributed by atoms with Crippen molar-refractivity contribution in [3.8, 4) is 0 Å². The van der Waals surface area contributed by atoms with Crippen molar-refractivity contribution in [2.45, 2.75) is 9.59 Å². The number of carbonyl (C=O) groups excluding carboxylic acids is 1. The van der Waals surface area contributed by atoms with Crippen LogP contribution in [0, 0.1) is 0 Å². The van der Waals surface area contributed by atoms with Crippen LogP contribution >= 0.6 is 23.1 Å². The molecule has 3 rings (SSSR count). The smallest absolute Gasteiger partial charge is 0.240 e. The summed E-state index contributed by atoms with van der Waals surface area (Å²) in [6, 6.07) is 19.6. The average molecular weight is 371 g/mol. The van der Waals surface area contributed by atoms with Crippen molar-refractivity contribution in [2.24, 2.45) is 0 Å². The predicted octanol–water partition coefficient (Wildman–Crippen LogP) is 4.20. The first-order valence-electron chi connectivity index (χ1n) is 7.72. The SMILES string of the molecule is CN(C)C(=O)[C@H](Sc1nnc(Nc2ccccc2)s1)c1ccccc1. The highest BCUT2D eigenvalue weighted by Gasteiger charge is 2.25. The molecule has 0 saturated carbocycles. The summed E-state index contributed by atoms with van der Waals surface area (Å²) in [6.45, 7) is 0. The van der Waals surface area contributed by atoms with Gasteiger partial charge in [-0.1, -0.05) is 71.6 Å². The Kier molecular flexibility index (Phi) is 5.67. The van der Waals surface area contributed by atoms with Gasteiger partial charge in [-0.2, -0.15) is 0 Å². The zero-order valence-electron chi connectivity index (χ0n) is 13.9. The maximum atomic E-state index is 12.6. The van der Waals surface area contributed by atoms with Gasteiger partial charge in [-0.15, -0.1) is 10.2 Å². The fourth-order valence-electron chi connectivity index (χ4n) is 2.18. The molecule has 0 bridgehead atoms. The number of carbonyl (C=O) groups is 1. The van der Waals surface area contributed by atoms with Gasteiger partial charge in [-0.3, -0.25) is 4.79 Å². The first kappa shape index (κ1) is 17.4. The van der Waals surface area contributed by atoms with Crippen molar-refractivity contribution >= 4 is 39.8 Å². The van der Waals surface area contributed by atoms with Gasteiger partial charge in [0.1, 0.15) is 5.25 Å². The van der Waals surface area contributed by atoms with Gasteiger partial charge >= 0.3 is 0 Å². The summed E-state index contributed by atoms with van der Waals surface area (Å²) in [6.07, 6.45) is 0. The van der Waals surface area contributed by atoms with Crippen LogP contribution in [0.1, 0.15) is 10.8 Å². The Morgan fingerprint density at radius 1 is 1.04 bits per heavy atom. The summed E-state index contributed by atoms with van der Waals surface area (Å²) in [5.74, 6) is 0.0315. The summed E-state index contributed by atoms with van der Waals surface area (Å²) in [7, 11) is 3.53. The van der Waals surface area contributed by atoms with E-state index in [2.05, 4.69) is 15.5 Å². The molecule has 25 heavy (non-hydrogen) atoms. The lowest BCUT2D eigenvalue weighted by molar-refractivity contribution is -0.128. The van der Waals surface area contributed by atoms with E-state index < -0.39 is 0 Å². The molecule has 0 radical (unpaired) electrons. The number of likely N-dealkylation sites (N-methyl/N-ethyl adjacent to an activating group) is 1. The predicted molar refractivity (Wildman–Crippen MR) is 103 cm³/mol. The van der Waals surface area contributed by atoms with Crippen LogP contribution in [0.25, 0.3) is 0 Å². The van der Waals surface area contributed by atoms with E-state index in [9.17, 15) is 4.79 Å². The summed E-state index contributed by atoms with van der Waals surface area (Å²) in [5.41, 5.74) is 1.91. The van der Waals surface area contributed by atoms with Crippen LogP contribution in [0.15, 0.2) is 65.0 Å². The van der Waals surface area contributed by atoms with Crippen LogP contribution in [-0.4, -0.2) is 35.1 Å². The van der Waals surface area contributed by atoms with Gasteiger partial charge in [-0.05, 0) is 17.7 Å². The Bertz CT molecular complexity index is 821. The molecule has 128 valence electrons. The lowest BCUT2D eigenvalue weighted by Crippen LogP contribution is -2.26. The molecule has 1 atom stereocenters. The quantitative estimate of drug-likeness (QED) is 0.659. The van der Waals surface area contributed by atoms with Crippen LogP contribution in [0.4, 0.5) is 10.8 Å². The Hall–Kier alpha value is -2.38. The third-order valence-corrected chi connectivity index (χ3v) is 5.58. The summed E-state index contributed by atoms with van der Waals surface area (Å²) >= 11 is 2.86. The molecule has 3 aromatic rings. The van der Waals surface area contributed by atoms with E-state index in [-0.39, 0.29) is 11.2 Å². The topological polar surface area (TPSA) is 58.1 Å². The molecular formula is C18H18N4OS2. The van der Waals surface area contributed by atoms with E-state index in [4.69, 9.17) is 0 Å². The van der Waals surface area contributed by atoms with E-state index >= 15 is 0 Å². The number of hydrogen-bond donors (Lipinski definition) is 1. The molecule has 1 aromatic heterocycles. The molecule has 0 aliphatic carbocycles. The molecule has 0 fully saturated rings. The second-order valence-electron chi connectivity index (χ2n) is 5.51. The number of amides is 1. The lowest BCUT2D eigenvalue weighted by atomic mass is 10.1. The van der Waals surface area contributed by atoms with Crippen LogP contribution in [0.2, 0.25) is 0 Å². The Labute approximate surface area is 155 Å². The fraction of sp³-hybridized carbons (Fsp3) is 0.167. The number of para-hydroxylation sites is 1. The maximum Gasteiger partial charge on any atom is 0.240 e. The highest BCUT2D eigenvalue weighted by Crippen LogP contribution is 2.39. The summed E-state index contributed by atoms with van der Waals surface area (Å²) in [5, 5.41) is 12.0. The van der Waals surface area contributed by atoms with Gasteiger partial charge in [-0.25, -0.2) is 0 Å². The second kappa shape index (κ2) is 8.13. The number of hydrogen-bond acceptors (Lipinski definition) is 6. The molecule has 5 nitrogen and oxygen atoms in total. The fourth-order valence-corrected chi connectivity index (χ4v) is 4.29. The first-order valence-corrected chi connectivity index (χ1v) is 9.41. The van der Waals surface area contributed by atoms with E-state index in [1.807, 2.05) is 60.7 Å². The number of nitrogens with zero attached hydrogens (tertiary/aromatic N) is 3. The third-order valence-electron chi connectivity index (χ3n) is 3.42. The number of aromatic nitrogens is 2. The van der Waals surface area contributed by atoms with E-state index in [1.165, 1.54) is 23.1 Å². The van der Waals surface area contributed by atoms with Crippen LogP contribution in [0.3, 0.4) is 0 Å². The number of rotatable bonds is 6. The van der Waals surface area contributed by atoms with Crippen molar-refractivity contribution in [2.75, 3.05) is 19.4 Å². The van der Waals surface area contributed by atoms with Gasteiger partial charge < -0.3 is 10.2 Å². The molecule has 0 aliphatic heterocycles. The molecule has 1 N–H and O–H groups in total. The van der Waals surface area contributed by atoms with Crippen LogP contribution in [0.5, 0.6) is 0 Å². The molecular weight excluding hydrogens is 352 g/mol. The molecule has 1 amide bonds. The lowest BCUT2D eigenvalue weighted by Gasteiger charge is -2.19. The minimum Gasteiger partial charge on any atom is -0.348 e. The zero-order valence-corrected chi connectivity index (χ0v) is 15.6. The first-order chi connectivity index (χ1) is 12.1. The zero-order chi connectivity index (χ0) is 17.6. The Morgan fingerprint density at radius 3 is 2.32 bits per heavy atom. The second-order valence-corrected chi connectivity index (χ2v) is 7.84. The molecule has 1 heterocycles. The number of nitrogens with one attached hydrogen (secondary N) is 1. The summed E-state index contributed by atoms with van der Waals surface area (Å²) < 4.78 is 0.752. The Morgan fingerprint density at radius 2 is 1.68 bits per heavy atom. The van der Waals surface area contributed by atoms with E-state index in [0.717, 1.165) is 15.6 Å². The Balaban J connectivity index is 1.77. The van der Waals surface area contributed by atoms with Gasteiger partial charge in [0, 0.05) is 19.8 Å². The number of thioether (sulfide) groups is 1. The van der Waals surface area contributed by atoms with Crippen LogP contribution < -0.4 is 5.32 Å². The minimum atomic E-state index is -0.339. The largest absolute Gasteiger partial charge is 0.348 e. The number of anilines is 2. The van der Waals surface area contributed by atoms with Gasteiger partial charge in [0.25, 0.3) is 0 Å². The highest BCUT2D eigenvalue weighted by molar-refractivity contribution is 8.01. The van der Waals surface area contributed by atoms with E-state index in [1.54, 1.807) is 19.0 Å². The highest BCUT2D eigenvalue weighted by atomic mass is 32.2. The normalized spacial score (nSPS) is 11.8. The average Bonchev–Trinajstić information content (AvgIpc) is 3.07. The van der Waals surface area contributed by atoms with Crippen molar-refractivity contribution in [3.05, 3.63) is 66.2 Å². The van der Waals surface area contributed by atoms with E-state index in [0.29, 0.717) is 5.13 Å². The van der Waals surface area contributed by atoms with Gasteiger partial charge in [0.15, 0.2) is 4.34 Å². The molecule has 2 aromatic carbocycles. The third kappa shape index (κ3) is 4.58. The maximum absolute atomic E-state index is 12.6. The minimum absolute atomic E-state index is 0.0315. The molecule has 0 unspecified atom stereocenters. The van der Waals surface area contributed by atoms with Crippen LogP contribution in [-0.2, 0) is 4.79 Å². The van der Waals surface area contributed by atoms with Gasteiger partial charge in [0.05, 0.1) is 0 Å². The monoisotopic (exact) mass is 370 g/mol. The molecule has 0 aliphatic rings. The van der Waals surface area contributed by atoms with Crippen molar-refractivity contribution < 1.29 is 4.79 Å².